The Hall–Kier alpha value is -3.89. The van der Waals surface area contributed by atoms with E-state index in [4.69, 9.17) is 4.74 Å². The molecule has 1 fully saturated rings. The molecule has 3 aromatic rings. The molecule has 8 nitrogen and oxygen atoms in total. The molecule has 1 aliphatic rings. The van der Waals surface area contributed by atoms with Crippen molar-refractivity contribution >= 4 is 33.5 Å². The van der Waals surface area contributed by atoms with E-state index in [-0.39, 0.29) is 35.7 Å². The molecule has 36 heavy (non-hydrogen) atoms. The summed E-state index contributed by atoms with van der Waals surface area (Å²) < 4.78 is 46.5. The number of sulfonamides is 1. The number of amides is 2. The zero-order valence-corrected chi connectivity index (χ0v) is 20.2. The molecule has 186 valence electrons. The van der Waals surface area contributed by atoms with Gasteiger partial charge in [-0.2, -0.15) is 4.31 Å². The number of ether oxygens (including phenoxy) is 1. The van der Waals surface area contributed by atoms with Gasteiger partial charge in [0, 0.05) is 6.54 Å². The van der Waals surface area contributed by atoms with Crippen LogP contribution in [0.1, 0.15) is 29.3 Å². The summed E-state index contributed by atoms with van der Waals surface area (Å²) in [6.07, 6.45) is -0.369. The summed E-state index contributed by atoms with van der Waals surface area (Å²) in [7, 11) is -4.20. The van der Waals surface area contributed by atoms with Gasteiger partial charge in [-0.05, 0) is 61.0 Å². The fourth-order valence-corrected chi connectivity index (χ4v) is 5.52. The van der Waals surface area contributed by atoms with E-state index in [9.17, 15) is 27.2 Å². The lowest BCUT2D eigenvalue weighted by molar-refractivity contribution is -0.122. The molecule has 2 amide bonds. The number of carbonyl (C=O) groups excluding carboxylic acids is 3. The van der Waals surface area contributed by atoms with Gasteiger partial charge in [-0.1, -0.05) is 30.3 Å². The number of imide groups is 1. The van der Waals surface area contributed by atoms with Crippen molar-refractivity contribution < 1.29 is 31.9 Å². The van der Waals surface area contributed by atoms with Crippen LogP contribution in [-0.4, -0.2) is 43.2 Å². The molecule has 0 N–H and O–H groups in total. The van der Waals surface area contributed by atoms with Crippen LogP contribution < -0.4 is 4.90 Å². The van der Waals surface area contributed by atoms with Gasteiger partial charge in [-0.25, -0.2) is 22.5 Å². The quantitative estimate of drug-likeness (QED) is 0.340. The summed E-state index contributed by atoms with van der Waals surface area (Å²) in [6, 6.07) is 17.2. The lowest BCUT2D eigenvalue weighted by Crippen LogP contribution is -2.45. The minimum absolute atomic E-state index is 0.0374. The van der Waals surface area contributed by atoms with Crippen molar-refractivity contribution in [2.75, 3.05) is 11.5 Å². The van der Waals surface area contributed by atoms with Gasteiger partial charge < -0.3 is 4.74 Å². The van der Waals surface area contributed by atoms with Crippen molar-refractivity contribution in [2.24, 2.45) is 0 Å². The molecule has 1 unspecified atom stereocenters. The van der Waals surface area contributed by atoms with E-state index >= 15 is 0 Å². The van der Waals surface area contributed by atoms with E-state index in [1.54, 1.807) is 25.1 Å². The Morgan fingerprint density at radius 1 is 1.00 bits per heavy atom. The molecule has 1 saturated heterocycles. The van der Waals surface area contributed by atoms with Crippen LogP contribution in [0.5, 0.6) is 0 Å². The van der Waals surface area contributed by atoms with Crippen LogP contribution in [0.15, 0.2) is 83.8 Å². The van der Waals surface area contributed by atoms with E-state index in [1.165, 1.54) is 60.7 Å². The highest BCUT2D eigenvalue weighted by Crippen LogP contribution is 2.31. The summed E-state index contributed by atoms with van der Waals surface area (Å²) in [5.74, 6) is -2.33. The molecule has 0 radical (unpaired) electrons. The van der Waals surface area contributed by atoms with Crippen LogP contribution >= 0.6 is 0 Å². The summed E-state index contributed by atoms with van der Waals surface area (Å²) in [5.41, 5.74) is 0.911. The number of rotatable bonds is 8. The summed E-state index contributed by atoms with van der Waals surface area (Å²) >= 11 is 0. The first-order chi connectivity index (χ1) is 17.2. The number of benzene rings is 3. The second-order valence-electron chi connectivity index (χ2n) is 8.04. The average molecular weight is 511 g/mol. The van der Waals surface area contributed by atoms with Crippen molar-refractivity contribution in [2.45, 2.75) is 30.8 Å². The maximum atomic E-state index is 13.6. The Bertz CT molecular complexity index is 1380. The third-order valence-electron chi connectivity index (χ3n) is 5.71. The third kappa shape index (κ3) is 5.05. The number of halogens is 1. The SMILES string of the molecule is CCOC(=O)c1ccc(N2C(=O)CC(N(Cc3ccc(F)cc3)S(=O)(=O)c3ccccc3)C2=O)cc1. The van der Waals surface area contributed by atoms with E-state index in [2.05, 4.69) is 0 Å². The molecule has 3 aromatic carbocycles. The van der Waals surface area contributed by atoms with Crippen LogP contribution in [0.3, 0.4) is 0 Å². The van der Waals surface area contributed by atoms with Gasteiger partial charge in [0.1, 0.15) is 11.9 Å². The van der Waals surface area contributed by atoms with Gasteiger partial charge in [0.25, 0.3) is 5.91 Å². The highest BCUT2D eigenvalue weighted by atomic mass is 32.2. The molecule has 4 rings (SSSR count). The molecule has 1 aliphatic heterocycles. The Morgan fingerprint density at radius 2 is 1.64 bits per heavy atom. The minimum Gasteiger partial charge on any atom is -0.462 e. The second-order valence-corrected chi connectivity index (χ2v) is 9.93. The largest absolute Gasteiger partial charge is 0.462 e. The summed E-state index contributed by atoms with van der Waals surface area (Å²) in [4.78, 5) is 39.2. The second kappa shape index (κ2) is 10.4. The molecule has 0 spiro atoms. The summed E-state index contributed by atoms with van der Waals surface area (Å²) in [5, 5.41) is 0. The smallest absolute Gasteiger partial charge is 0.338 e. The van der Waals surface area contributed by atoms with Crippen molar-refractivity contribution in [3.63, 3.8) is 0 Å². The first-order valence-corrected chi connectivity index (χ1v) is 12.6. The number of esters is 1. The Kier molecular flexibility index (Phi) is 7.27. The molecular formula is C26H23FN2O6S. The van der Waals surface area contributed by atoms with E-state index in [0.717, 1.165) is 9.21 Å². The number of nitrogens with zero attached hydrogens (tertiary/aromatic N) is 2. The fraction of sp³-hybridized carbons (Fsp3) is 0.192. The lowest BCUT2D eigenvalue weighted by atomic mass is 10.2. The number of hydrogen-bond acceptors (Lipinski definition) is 6. The van der Waals surface area contributed by atoms with Crippen LogP contribution in [0.4, 0.5) is 10.1 Å². The van der Waals surface area contributed by atoms with E-state index in [1.807, 2.05) is 0 Å². The van der Waals surface area contributed by atoms with Gasteiger partial charge in [0.15, 0.2) is 0 Å². The molecule has 1 heterocycles. The standard InChI is InChI=1S/C26H23FN2O6S/c1-2-35-26(32)19-10-14-21(15-11-19)29-24(30)16-23(25(29)31)28(17-18-8-12-20(27)13-9-18)36(33,34)22-6-4-3-5-7-22/h3-15,23H,2,16-17H2,1H3. The predicted molar refractivity (Wildman–Crippen MR) is 129 cm³/mol. The van der Waals surface area contributed by atoms with Gasteiger partial charge in [-0.15, -0.1) is 0 Å². The molecule has 0 aromatic heterocycles. The predicted octanol–water partition coefficient (Wildman–Crippen LogP) is 3.53. The van der Waals surface area contributed by atoms with Crippen molar-refractivity contribution in [3.05, 3.63) is 95.8 Å². The number of carbonyl (C=O) groups is 3. The molecule has 0 bridgehead atoms. The van der Waals surface area contributed by atoms with Gasteiger partial charge in [0.2, 0.25) is 15.9 Å². The third-order valence-corrected chi connectivity index (χ3v) is 7.58. The first kappa shape index (κ1) is 25.2. The van der Waals surface area contributed by atoms with E-state index < -0.39 is 39.7 Å². The Morgan fingerprint density at radius 3 is 2.25 bits per heavy atom. The van der Waals surface area contributed by atoms with Crippen molar-refractivity contribution in [1.29, 1.82) is 0 Å². The lowest BCUT2D eigenvalue weighted by Gasteiger charge is -2.27. The van der Waals surface area contributed by atoms with Crippen LogP contribution in [0.25, 0.3) is 0 Å². The molecule has 0 aliphatic carbocycles. The molecular weight excluding hydrogens is 487 g/mol. The minimum atomic E-state index is -4.20. The van der Waals surface area contributed by atoms with Crippen molar-refractivity contribution in [3.8, 4) is 0 Å². The molecule has 1 atom stereocenters. The monoisotopic (exact) mass is 510 g/mol. The number of hydrogen-bond donors (Lipinski definition) is 0. The van der Waals surface area contributed by atoms with Crippen LogP contribution in [0, 0.1) is 5.82 Å². The highest BCUT2D eigenvalue weighted by Gasteiger charge is 2.47. The zero-order chi connectivity index (χ0) is 25.9. The van der Waals surface area contributed by atoms with Crippen molar-refractivity contribution in [1.82, 2.24) is 4.31 Å². The molecule has 0 saturated carbocycles. The van der Waals surface area contributed by atoms with Gasteiger partial charge in [-0.3, -0.25) is 9.59 Å². The molecule has 10 heteroatoms. The highest BCUT2D eigenvalue weighted by molar-refractivity contribution is 7.89. The maximum Gasteiger partial charge on any atom is 0.338 e. The van der Waals surface area contributed by atoms with Gasteiger partial charge in [0.05, 0.1) is 29.2 Å². The Balaban J connectivity index is 1.68. The van der Waals surface area contributed by atoms with Gasteiger partial charge >= 0.3 is 5.97 Å². The Labute approximate surface area is 208 Å². The topological polar surface area (TPSA) is 101 Å². The zero-order valence-electron chi connectivity index (χ0n) is 19.3. The van der Waals surface area contributed by atoms with Crippen LogP contribution in [-0.2, 0) is 30.9 Å². The average Bonchev–Trinajstić information content (AvgIpc) is 3.17. The maximum absolute atomic E-state index is 13.6. The van der Waals surface area contributed by atoms with E-state index in [0.29, 0.717) is 5.56 Å². The fourth-order valence-electron chi connectivity index (χ4n) is 3.93. The van der Waals surface area contributed by atoms with Crippen LogP contribution in [0.2, 0.25) is 0 Å². The summed E-state index contributed by atoms with van der Waals surface area (Å²) in [6.45, 7) is 1.64. The first-order valence-electron chi connectivity index (χ1n) is 11.2. The normalized spacial score (nSPS) is 16.0. The number of anilines is 1.